The first-order valence-electron chi connectivity index (χ1n) is 42.0. The zero-order valence-electron chi connectivity index (χ0n) is 66.5. The highest BCUT2D eigenvalue weighted by Crippen LogP contribution is 2.50. The van der Waals surface area contributed by atoms with Crippen molar-refractivity contribution in [2.24, 2.45) is 0 Å². The quantitative estimate of drug-likeness (QED) is 0.0708. The minimum Gasteiger partial charge on any atom is -0.311 e. The average Bonchev–Trinajstić information content (AvgIpc) is 1.01. The highest BCUT2D eigenvalue weighted by Gasteiger charge is 2.47. The second-order valence-corrected chi connectivity index (χ2v) is 39.6. The van der Waals surface area contributed by atoms with Crippen LogP contribution in [0.25, 0.3) is 99.5 Å². The standard InChI is InChI=1S/C114H79BN4Si2/c1-7-40-84(41-8-1)120(85-42-9-2-10-43-85,86-44-11-3-12-45-86)90-52-35-38-80(76-90)92-54-19-29-64-104(92)118-110-70-37-71-111-114(110)115(100-74-72-82(78-112(100)118)94-56-21-27-62-102(94)116-106-66-31-23-58-96(106)97-59-24-32-67-107(97)116)101-75-73-83(95-57-22-28-63-103(95)117-108-68-33-25-60-98(108)99-61-26-34-69-109(99)117)79-113(101)119(111)105-65-30-20-55-93(105)81-39-36-53-91(77-81)121(87-46-13-4-14-47-87,88-48-15-5-16-49-88)89-50-17-6-18-51-89/h1-79H. The van der Waals surface area contributed by atoms with Gasteiger partial charge in [-0.15, -0.1) is 0 Å². The van der Waals surface area contributed by atoms with E-state index in [0.717, 1.165) is 90.0 Å². The summed E-state index contributed by atoms with van der Waals surface area (Å²) in [7, 11) is -6.01. The van der Waals surface area contributed by atoms with Crippen LogP contribution in [-0.4, -0.2) is 32.0 Å². The van der Waals surface area contributed by atoms with Gasteiger partial charge in [-0.25, -0.2) is 0 Å². The Morgan fingerprint density at radius 1 is 0.165 bits per heavy atom. The van der Waals surface area contributed by atoms with E-state index in [-0.39, 0.29) is 6.71 Å². The van der Waals surface area contributed by atoms with Gasteiger partial charge in [-0.2, -0.15) is 0 Å². The predicted octanol–water partition coefficient (Wildman–Crippen LogP) is 21.4. The number of aromatic nitrogens is 2. The molecule has 0 saturated heterocycles. The van der Waals surface area contributed by atoms with Crippen molar-refractivity contribution in [2.75, 3.05) is 9.80 Å². The van der Waals surface area contributed by atoms with Crippen molar-refractivity contribution >= 4 is 158 Å². The largest absolute Gasteiger partial charge is 0.311 e. The van der Waals surface area contributed by atoms with Crippen LogP contribution in [0.4, 0.5) is 34.1 Å². The Morgan fingerprint density at radius 2 is 0.405 bits per heavy atom. The fourth-order valence-electron chi connectivity index (χ4n) is 20.8. The summed E-state index contributed by atoms with van der Waals surface area (Å²) in [5.74, 6) is 0. The summed E-state index contributed by atoms with van der Waals surface area (Å²) in [6, 6.07) is 181. The Bertz CT molecular complexity index is 6810. The van der Waals surface area contributed by atoms with Gasteiger partial charge in [0.15, 0.2) is 16.1 Å². The smallest absolute Gasteiger partial charge is 0.252 e. The second-order valence-electron chi connectivity index (χ2n) is 32.0. The Kier molecular flexibility index (Phi) is 17.4. The van der Waals surface area contributed by atoms with Crippen LogP contribution in [0, 0.1) is 0 Å². The van der Waals surface area contributed by atoms with Gasteiger partial charge in [-0.3, -0.25) is 0 Å². The summed E-state index contributed by atoms with van der Waals surface area (Å²) in [5, 5.41) is 15.5. The summed E-state index contributed by atoms with van der Waals surface area (Å²) in [6.07, 6.45) is 0. The molecule has 0 fully saturated rings. The Labute approximate surface area is 707 Å². The van der Waals surface area contributed by atoms with E-state index in [4.69, 9.17) is 0 Å². The normalized spacial score (nSPS) is 12.4. The van der Waals surface area contributed by atoms with Gasteiger partial charge >= 0.3 is 0 Å². The van der Waals surface area contributed by atoms with Gasteiger partial charge in [0.2, 0.25) is 0 Å². The van der Waals surface area contributed by atoms with Crippen LogP contribution in [0.15, 0.2) is 479 Å². The van der Waals surface area contributed by atoms with Crippen molar-refractivity contribution in [1.29, 1.82) is 0 Å². The van der Waals surface area contributed by atoms with Gasteiger partial charge in [-0.1, -0.05) is 406 Å². The van der Waals surface area contributed by atoms with E-state index >= 15 is 0 Å². The summed E-state index contributed by atoms with van der Waals surface area (Å²) in [4.78, 5) is 5.29. The summed E-state index contributed by atoms with van der Waals surface area (Å²) in [6.45, 7) is -0.235. The molecule has 0 aliphatic carbocycles. The molecule has 0 spiro atoms. The highest BCUT2D eigenvalue weighted by atomic mass is 28.3. The third-order valence-corrected chi connectivity index (χ3v) is 35.4. The van der Waals surface area contributed by atoms with E-state index in [2.05, 4.69) is 498 Å². The lowest BCUT2D eigenvalue weighted by molar-refractivity contribution is 1.18. The zero-order chi connectivity index (χ0) is 80.0. The van der Waals surface area contributed by atoms with Gasteiger partial charge in [0.25, 0.3) is 6.71 Å². The SMILES string of the molecule is c1ccc([Si](c2ccccc2)(c2ccccc2)c2cccc(-c3ccccc3N3c4cc(-c5ccccc5-n5c6ccccc6c6ccccc65)ccc4B4c5ccc(-c6ccccc6-n6c7ccccc7c7ccccc76)cc5N(c5ccccc5-c5cccc([Si](c6ccccc6)(c6ccccc6)c6ccccc6)c5)c5cccc3c54)c2)cc1. The summed E-state index contributed by atoms with van der Waals surface area (Å²) < 4.78 is 4.96. The molecule has 23 rings (SSSR count). The lowest BCUT2D eigenvalue weighted by Gasteiger charge is -2.45. The third-order valence-electron chi connectivity index (χ3n) is 25.8. The Hall–Kier alpha value is -15.1. The highest BCUT2D eigenvalue weighted by molar-refractivity contribution is 7.20. The molecule has 4 nitrogen and oxygen atoms in total. The molecule has 4 heterocycles. The van der Waals surface area contributed by atoms with Gasteiger partial charge in [0.05, 0.1) is 44.8 Å². The van der Waals surface area contributed by atoms with E-state index in [1.807, 2.05) is 0 Å². The monoisotopic (exact) mass is 1570 g/mol. The average molecular weight is 1570 g/mol. The fraction of sp³-hybridized carbons (Fsp3) is 0. The molecule has 2 aliphatic heterocycles. The van der Waals surface area contributed by atoms with Crippen molar-refractivity contribution in [3.8, 4) is 55.9 Å². The molecule has 0 unspecified atom stereocenters. The number of hydrogen-bond acceptors (Lipinski definition) is 2. The molecule has 0 N–H and O–H groups in total. The molecular weight excluding hydrogens is 1490 g/mol. The minimum absolute atomic E-state index is 0.235. The van der Waals surface area contributed by atoms with Crippen LogP contribution in [0.1, 0.15) is 0 Å². The number of fused-ring (bicyclic) bond motifs is 10. The van der Waals surface area contributed by atoms with E-state index in [1.54, 1.807) is 0 Å². The van der Waals surface area contributed by atoms with Gasteiger partial charge in [-0.05, 0) is 153 Å². The molecule has 7 heteroatoms. The van der Waals surface area contributed by atoms with E-state index < -0.39 is 16.1 Å². The zero-order valence-corrected chi connectivity index (χ0v) is 68.5. The molecule has 2 aliphatic rings. The molecule has 21 aromatic rings. The van der Waals surface area contributed by atoms with Gasteiger partial charge in [0, 0.05) is 66.5 Å². The Morgan fingerprint density at radius 3 is 0.727 bits per heavy atom. The van der Waals surface area contributed by atoms with Crippen LogP contribution in [-0.2, 0) is 0 Å². The van der Waals surface area contributed by atoms with Crippen LogP contribution < -0.4 is 67.7 Å². The summed E-state index contributed by atoms with van der Waals surface area (Å²) in [5.41, 5.74) is 26.3. The van der Waals surface area contributed by atoms with Crippen molar-refractivity contribution in [2.45, 2.75) is 0 Å². The van der Waals surface area contributed by atoms with Crippen molar-refractivity contribution in [3.05, 3.63) is 479 Å². The fourth-order valence-corrected chi connectivity index (χ4v) is 30.4. The van der Waals surface area contributed by atoms with Crippen LogP contribution >= 0.6 is 0 Å². The molecule has 2 aromatic heterocycles. The maximum absolute atomic E-state index is 3.01. The molecular formula is C114H79BN4Si2. The van der Waals surface area contributed by atoms with Crippen LogP contribution in [0.5, 0.6) is 0 Å². The molecule has 0 amide bonds. The molecule has 0 atom stereocenters. The van der Waals surface area contributed by atoms with Gasteiger partial charge < -0.3 is 18.9 Å². The maximum Gasteiger partial charge on any atom is 0.252 e. The lowest BCUT2D eigenvalue weighted by atomic mass is 9.33. The van der Waals surface area contributed by atoms with Crippen molar-refractivity contribution < 1.29 is 0 Å². The minimum atomic E-state index is -3.01. The molecule has 121 heavy (non-hydrogen) atoms. The number of para-hydroxylation sites is 8. The van der Waals surface area contributed by atoms with Crippen molar-refractivity contribution in [1.82, 2.24) is 9.13 Å². The van der Waals surface area contributed by atoms with E-state index in [0.29, 0.717) is 0 Å². The first-order valence-corrected chi connectivity index (χ1v) is 46.0. The molecule has 0 radical (unpaired) electrons. The number of rotatable bonds is 16. The predicted molar refractivity (Wildman–Crippen MR) is 518 cm³/mol. The lowest BCUT2D eigenvalue weighted by Crippen LogP contribution is -2.74. The first kappa shape index (κ1) is 71.2. The first-order chi connectivity index (χ1) is 60.1. The van der Waals surface area contributed by atoms with Gasteiger partial charge in [0.1, 0.15) is 0 Å². The Balaban J connectivity index is 0.783. The number of benzene rings is 19. The molecule has 566 valence electrons. The number of nitrogens with zero attached hydrogens (tertiary/aromatic N) is 4. The van der Waals surface area contributed by atoms with Crippen LogP contribution in [0.2, 0.25) is 0 Å². The second kappa shape index (κ2) is 29.5. The third kappa shape index (κ3) is 11.3. The number of anilines is 6. The van der Waals surface area contributed by atoms with E-state index in [9.17, 15) is 0 Å². The topological polar surface area (TPSA) is 16.3 Å². The van der Waals surface area contributed by atoms with E-state index in [1.165, 1.54) is 101 Å². The molecule has 19 aromatic carbocycles. The van der Waals surface area contributed by atoms with Crippen LogP contribution in [0.3, 0.4) is 0 Å². The summed E-state index contributed by atoms with van der Waals surface area (Å²) >= 11 is 0. The van der Waals surface area contributed by atoms with Crippen molar-refractivity contribution in [3.63, 3.8) is 0 Å². The maximum atomic E-state index is 2.64. The molecule has 0 saturated carbocycles. The molecule has 0 bridgehead atoms. The number of hydrogen-bond donors (Lipinski definition) is 0.